The van der Waals surface area contributed by atoms with Crippen molar-refractivity contribution in [3.63, 3.8) is 0 Å². The van der Waals surface area contributed by atoms with Crippen molar-refractivity contribution in [3.05, 3.63) is 46.1 Å². The van der Waals surface area contributed by atoms with E-state index >= 15 is 0 Å². The van der Waals surface area contributed by atoms with Crippen LogP contribution in [0.25, 0.3) is 0 Å². The predicted octanol–water partition coefficient (Wildman–Crippen LogP) is 2.01. The summed E-state index contributed by atoms with van der Waals surface area (Å²) in [6.07, 6.45) is 2.60. The average Bonchev–Trinajstić information content (AvgIpc) is 2.76. The molecule has 1 aliphatic rings. The Bertz CT molecular complexity index is 911. The first kappa shape index (κ1) is 16.7. The number of sulfone groups is 1. The fourth-order valence-corrected chi connectivity index (χ4v) is 3.54. The molecule has 0 bridgehead atoms. The topological polar surface area (TPSA) is 86.9 Å². The van der Waals surface area contributed by atoms with E-state index in [9.17, 15) is 13.7 Å². The minimum absolute atomic E-state index is 0.107. The molecule has 124 valence electrons. The first-order valence-electron chi connectivity index (χ1n) is 7.39. The quantitative estimate of drug-likeness (QED) is 0.600. The first-order valence-corrected chi connectivity index (χ1v) is 9.66. The predicted molar refractivity (Wildman–Crippen MR) is 90.9 cm³/mol. The van der Waals surface area contributed by atoms with E-state index in [1.165, 1.54) is 11.1 Å². The minimum atomic E-state index is -3.62. The van der Waals surface area contributed by atoms with Crippen molar-refractivity contribution in [2.75, 3.05) is 24.2 Å². The number of hydrogen-bond acceptors (Lipinski definition) is 6. The molecule has 0 amide bonds. The Morgan fingerprint density at radius 1 is 1.17 bits per heavy atom. The van der Waals surface area contributed by atoms with E-state index in [1.54, 1.807) is 0 Å². The Labute approximate surface area is 145 Å². The van der Waals surface area contributed by atoms with Crippen LogP contribution in [0, 0.1) is 11.3 Å². The lowest BCUT2D eigenvalue weighted by molar-refractivity contribution is 0.592. The summed E-state index contributed by atoms with van der Waals surface area (Å²) in [6, 6.07) is 10.1. The van der Waals surface area contributed by atoms with Gasteiger partial charge in [0.2, 0.25) is 15.0 Å². The van der Waals surface area contributed by atoms with E-state index in [2.05, 4.69) is 22.1 Å². The van der Waals surface area contributed by atoms with Gasteiger partial charge in [0.05, 0.1) is 0 Å². The number of halogens is 1. The molecule has 1 aromatic carbocycles. The van der Waals surface area contributed by atoms with E-state index in [-0.39, 0.29) is 21.7 Å². The van der Waals surface area contributed by atoms with Gasteiger partial charge in [-0.1, -0.05) is 35.9 Å². The zero-order chi connectivity index (χ0) is 17.3. The average molecular weight is 363 g/mol. The Morgan fingerprint density at radius 2 is 1.75 bits per heavy atom. The highest BCUT2D eigenvalue weighted by atomic mass is 35.5. The van der Waals surface area contributed by atoms with Crippen molar-refractivity contribution in [1.29, 1.82) is 5.26 Å². The fraction of sp³-hybridized carbons (Fsp3) is 0.312. The minimum Gasteiger partial charge on any atom is -0.355 e. The molecule has 8 heteroatoms. The molecule has 3 rings (SSSR count). The standard InChI is InChI=1S/C16H15ClN4O2S/c1-24(22,23)16-19-14(17)13(10-18)15(20-16)21-8-6-11-4-2-3-5-12(11)7-9-21/h2-5H,6-9H2,1H3. The molecule has 0 radical (unpaired) electrons. The van der Waals surface area contributed by atoms with Crippen LogP contribution in [0.5, 0.6) is 0 Å². The van der Waals surface area contributed by atoms with Crippen LogP contribution in [0.4, 0.5) is 5.82 Å². The number of hydrogen-bond donors (Lipinski definition) is 0. The Balaban J connectivity index is 2.03. The Kier molecular flexibility index (Phi) is 4.43. The third kappa shape index (κ3) is 3.21. The zero-order valence-electron chi connectivity index (χ0n) is 13.0. The number of nitriles is 1. The van der Waals surface area contributed by atoms with Gasteiger partial charge in [0.25, 0.3) is 0 Å². The van der Waals surface area contributed by atoms with E-state index in [0.29, 0.717) is 13.1 Å². The lowest BCUT2D eigenvalue weighted by atomic mass is 10.0. The number of benzene rings is 1. The van der Waals surface area contributed by atoms with E-state index in [4.69, 9.17) is 11.6 Å². The van der Waals surface area contributed by atoms with Gasteiger partial charge in [-0.2, -0.15) is 10.2 Å². The molecule has 0 saturated heterocycles. The summed E-state index contributed by atoms with van der Waals surface area (Å²) >= 11 is 6.03. The van der Waals surface area contributed by atoms with E-state index in [1.807, 2.05) is 23.1 Å². The van der Waals surface area contributed by atoms with Crippen LogP contribution in [0.3, 0.4) is 0 Å². The number of anilines is 1. The van der Waals surface area contributed by atoms with E-state index < -0.39 is 9.84 Å². The van der Waals surface area contributed by atoms with Crippen molar-refractivity contribution in [1.82, 2.24) is 9.97 Å². The molecule has 0 aliphatic carbocycles. The van der Waals surface area contributed by atoms with Crippen LogP contribution < -0.4 is 4.90 Å². The van der Waals surface area contributed by atoms with Gasteiger partial charge in [0.15, 0.2) is 11.0 Å². The van der Waals surface area contributed by atoms with Crippen molar-refractivity contribution in [2.45, 2.75) is 18.0 Å². The maximum atomic E-state index is 11.8. The van der Waals surface area contributed by atoms with Crippen LogP contribution in [0.1, 0.15) is 16.7 Å². The van der Waals surface area contributed by atoms with Crippen LogP contribution in [0.15, 0.2) is 29.4 Å². The van der Waals surface area contributed by atoms with Crippen molar-refractivity contribution < 1.29 is 8.42 Å². The van der Waals surface area contributed by atoms with Gasteiger partial charge >= 0.3 is 0 Å². The SMILES string of the molecule is CS(=O)(=O)c1nc(Cl)c(C#N)c(N2CCc3ccccc3CC2)n1. The molecule has 0 atom stereocenters. The third-order valence-corrected chi connectivity index (χ3v) is 5.11. The van der Waals surface area contributed by atoms with Crippen LogP contribution in [0.2, 0.25) is 5.15 Å². The molecule has 2 heterocycles. The van der Waals surface area contributed by atoms with Crippen molar-refractivity contribution >= 4 is 27.3 Å². The zero-order valence-corrected chi connectivity index (χ0v) is 14.6. The highest BCUT2D eigenvalue weighted by Gasteiger charge is 2.24. The van der Waals surface area contributed by atoms with Gasteiger partial charge in [-0.25, -0.2) is 13.4 Å². The van der Waals surface area contributed by atoms with Gasteiger partial charge in [0.1, 0.15) is 11.6 Å². The third-order valence-electron chi connectivity index (χ3n) is 3.99. The Hall–Kier alpha value is -2.17. The van der Waals surface area contributed by atoms with Crippen LogP contribution in [-0.4, -0.2) is 37.7 Å². The molecule has 0 saturated carbocycles. The summed E-state index contributed by atoms with van der Waals surface area (Å²) in [5, 5.41) is 8.88. The number of aromatic nitrogens is 2. The number of fused-ring (bicyclic) bond motifs is 1. The summed E-state index contributed by atoms with van der Waals surface area (Å²) in [5.41, 5.74) is 2.61. The lowest BCUT2D eigenvalue weighted by Crippen LogP contribution is -2.28. The number of nitrogens with zero attached hydrogens (tertiary/aromatic N) is 4. The summed E-state index contributed by atoms with van der Waals surface area (Å²) in [4.78, 5) is 9.78. The molecular weight excluding hydrogens is 348 g/mol. The lowest BCUT2D eigenvalue weighted by Gasteiger charge is -2.22. The molecule has 0 fully saturated rings. The number of rotatable bonds is 2. The molecule has 24 heavy (non-hydrogen) atoms. The van der Waals surface area contributed by atoms with Gasteiger partial charge in [-0.3, -0.25) is 0 Å². The molecule has 0 spiro atoms. The normalized spacial score (nSPS) is 14.6. The second kappa shape index (κ2) is 6.38. The smallest absolute Gasteiger partial charge is 0.250 e. The molecule has 0 N–H and O–H groups in total. The van der Waals surface area contributed by atoms with Crippen LogP contribution in [-0.2, 0) is 22.7 Å². The largest absolute Gasteiger partial charge is 0.355 e. The maximum Gasteiger partial charge on any atom is 0.250 e. The molecule has 0 unspecified atom stereocenters. The summed E-state index contributed by atoms with van der Waals surface area (Å²) in [5.74, 6) is 0.283. The summed E-state index contributed by atoms with van der Waals surface area (Å²) < 4.78 is 23.6. The highest BCUT2D eigenvalue weighted by Crippen LogP contribution is 2.27. The van der Waals surface area contributed by atoms with Gasteiger partial charge in [-0.15, -0.1) is 0 Å². The monoisotopic (exact) mass is 362 g/mol. The summed E-state index contributed by atoms with van der Waals surface area (Å²) in [6.45, 7) is 1.25. The van der Waals surface area contributed by atoms with Crippen LogP contribution >= 0.6 is 11.6 Å². The highest BCUT2D eigenvalue weighted by molar-refractivity contribution is 7.90. The fourth-order valence-electron chi connectivity index (χ4n) is 2.77. The molecule has 1 aromatic heterocycles. The van der Waals surface area contributed by atoms with E-state index in [0.717, 1.165) is 19.1 Å². The second-order valence-corrected chi connectivity index (χ2v) is 7.90. The molecule has 1 aliphatic heterocycles. The molecule has 2 aromatic rings. The first-order chi connectivity index (χ1) is 11.4. The van der Waals surface area contributed by atoms with Gasteiger partial charge < -0.3 is 4.90 Å². The summed E-state index contributed by atoms with van der Waals surface area (Å²) in [7, 11) is -3.62. The van der Waals surface area contributed by atoms with Crippen molar-refractivity contribution in [2.24, 2.45) is 0 Å². The maximum absolute atomic E-state index is 11.8. The molecular formula is C16H15ClN4O2S. The Morgan fingerprint density at radius 3 is 2.25 bits per heavy atom. The van der Waals surface area contributed by atoms with Gasteiger partial charge in [0, 0.05) is 19.3 Å². The van der Waals surface area contributed by atoms with Crippen molar-refractivity contribution in [3.8, 4) is 6.07 Å². The molecule has 6 nitrogen and oxygen atoms in total. The van der Waals surface area contributed by atoms with Gasteiger partial charge in [-0.05, 0) is 24.0 Å². The second-order valence-electron chi connectivity index (χ2n) is 5.64.